The first kappa shape index (κ1) is 15.2. The number of benzene rings is 1. The minimum Gasteiger partial charge on any atom is -0.478 e. The van der Waals surface area contributed by atoms with Crippen LogP contribution in [-0.2, 0) is 4.79 Å². The van der Waals surface area contributed by atoms with Crippen LogP contribution in [0.25, 0.3) is 6.08 Å². The van der Waals surface area contributed by atoms with Crippen molar-refractivity contribution in [3.8, 4) is 0 Å². The number of allylic oxidation sites excluding steroid dienone is 1. The molecule has 3 heteroatoms. The third-order valence-electron chi connectivity index (χ3n) is 2.93. The second kappa shape index (κ2) is 7.54. The molecule has 0 fully saturated rings. The fraction of sp³-hybridized carbons (Fsp3) is 0.312. The smallest absolute Gasteiger partial charge is 0.331 e. The highest BCUT2D eigenvalue weighted by molar-refractivity contribution is 5.87. The second-order valence-electron chi connectivity index (χ2n) is 4.80. The Labute approximate surface area is 114 Å². The van der Waals surface area contributed by atoms with Crippen LogP contribution in [0.4, 0.5) is 0 Å². The summed E-state index contributed by atoms with van der Waals surface area (Å²) < 4.78 is 0. The van der Waals surface area contributed by atoms with Gasteiger partial charge in [0.2, 0.25) is 0 Å². The standard InChI is InChI=1S/C16H21NO2/c1-13(16(18)19)15(11-12-17(2)3)10-9-14-7-5-4-6-8-14/h4-10,15H,1,11-12H2,2-3H3,(H,18,19). The molecule has 0 aliphatic rings. The zero-order valence-electron chi connectivity index (χ0n) is 11.5. The highest BCUT2D eigenvalue weighted by Gasteiger charge is 2.15. The van der Waals surface area contributed by atoms with E-state index in [9.17, 15) is 4.79 Å². The van der Waals surface area contributed by atoms with Gasteiger partial charge in [-0.2, -0.15) is 0 Å². The van der Waals surface area contributed by atoms with Crippen molar-refractivity contribution in [1.29, 1.82) is 0 Å². The van der Waals surface area contributed by atoms with E-state index in [0.29, 0.717) is 0 Å². The Morgan fingerprint density at radius 1 is 1.37 bits per heavy atom. The predicted octanol–water partition coefficient (Wildman–Crippen LogP) is 2.91. The van der Waals surface area contributed by atoms with Gasteiger partial charge in [-0.1, -0.05) is 49.1 Å². The van der Waals surface area contributed by atoms with E-state index in [2.05, 4.69) is 6.58 Å². The maximum absolute atomic E-state index is 11.0. The lowest BCUT2D eigenvalue weighted by Gasteiger charge is -2.16. The van der Waals surface area contributed by atoms with Gasteiger partial charge in [0.25, 0.3) is 0 Å². The molecule has 0 aliphatic heterocycles. The van der Waals surface area contributed by atoms with Crippen molar-refractivity contribution in [3.05, 3.63) is 54.1 Å². The molecule has 19 heavy (non-hydrogen) atoms. The van der Waals surface area contributed by atoms with Crippen LogP contribution >= 0.6 is 0 Å². The van der Waals surface area contributed by atoms with Crippen LogP contribution in [0.2, 0.25) is 0 Å². The Kier molecular flexibility index (Phi) is 6.03. The quantitative estimate of drug-likeness (QED) is 0.765. The molecule has 0 aromatic heterocycles. The van der Waals surface area contributed by atoms with Gasteiger partial charge >= 0.3 is 5.97 Å². The van der Waals surface area contributed by atoms with E-state index in [1.807, 2.05) is 61.5 Å². The van der Waals surface area contributed by atoms with Crippen LogP contribution in [0.3, 0.4) is 0 Å². The minimum absolute atomic E-state index is 0.139. The first-order valence-corrected chi connectivity index (χ1v) is 6.30. The summed E-state index contributed by atoms with van der Waals surface area (Å²) in [5.74, 6) is -1.07. The number of aliphatic carboxylic acids is 1. The summed E-state index contributed by atoms with van der Waals surface area (Å²) in [6, 6.07) is 9.85. The summed E-state index contributed by atoms with van der Waals surface area (Å²) in [6.07, 6.45) is 4.63. The van der Waals surface area contributed by atoms with E-state index in [-0.39, 0.29) is 11.5 Å². The maximum Gasteiger partial charge on any atom is 0.331 e. The Morgan fingerprint density at radius 2 is 2.00 bits per heavy atom. The Hall–Kier alpha value is -1.87. The molecule has 0 spiro atoms. The molecule has 3 nitrogen and oxygen atoms in total. The fourth-order valence-corrected chi connectivity index (χ4v) is 1.73. The monoisotopic (exact) mass is 259 g/mol. The van der Waals surface area contributed by atoms with Crippen LogP contribution in [-0.4, -0.2) is 36.6 Å². The number of carbonyl (C=O) groups is 1. The first-order chi connectivity index (χ1) is 9.00. The summed E-state index contributed by atoms with van der Waals surface area (Å²) in [5, 5.41) is 9.07. The second-order valence-corrected chi connectivity index (χ2v) is 4.80. The van der Waals surface area contributed by atoms with Gasteiger partial charge in [-0.25, -0.2) is 4.79 Å². The third kappa shape index (κ3) is 5.53. The molecule has 1 aromatic rings. The van der Waals surface area contributed by atoms with Crippen molar-refractivity contribution in [1.82, 2.24) is 4.90 Å². The van der Waals surface area contributed by atoms with E-state index < -0.39 is 5.97 Å². The van der Waals surface area contributed by atoms with Crippen LogP contribution in [0.1, 0.15) is 12.0 Å². The van der Waals surface area contributed by atoms with Gasteiger partial charge < -0.3 is 10.0 Å². The molecule has 0 saturated carbocycles. The van der Waals surface area contributed by atoms with Crippen molar-refractivity contribution in [3.63, 3.8) is 0 Å². The van der Waals surface area contributed by atoms with E-state index in [1.54, 1.807) is 0 Å². The molecule has 0 amide bonds. The van der Waals surface area contributed by atoms with Gasteiger partial charge in [-0.15, -0.1) is 0 Å². The molecule has 0 bridgehead atoms. The average molecular weight is 259 g/mol. The summed E-state index contributed by atoms with van der Waals surface area (Å²) in [4.78, 5) is 13.1. The van der Waals surface area contributed by atoms with Crippen LogP contribution < -0.4 is 0 Å². The molecule has 1 N–H and O–H groups in total. The zero-order valence-corrected chi connectivity index (χ0v) is 11.5. The van der Waals surface area contributed by atoms with Crippen LogP contribution in [0, 0.1) is 5.92 Å². The van der Waals surface area contributed by atoms with Gasteiger partial charge in [0.05, 0.1) is 0 Å². The maximum atomic E-state index is 11.0. The third-order valence-corrected chi connectivity index (χ3v) is 2.93. The number of rotatable bonds is 7. The average Bonchev–Trinajstić information content (AvgIpc) is 2.39. The zero-order chi connectivity index (χ0) is 14.3. The summed E-state index contributed by atoms with van der Waals surface area (Å²) in [5.41, 5.74) is 1.31. The van der Waals surface area contributed by atoms with Gasteiger partial charge in [0.15, 0.2) is 0 Å². The minimum atomic E-state index is -0.929. The van der Waals surface area contributed by atoms with E-state index >= 15 is 0 Å². The van der Waals surface area contributed by atoms with Gasteiger partial charge in [0.1, 0.15) is 0 Å². The van der Waals surface area contributed by atoms with Crippen molar-refractivity contribution in [2.45, 2.75) is 6.42 Å². The number of hydrogen-bond donors (Lipinski definition) is 1. The molecule has 0 aliphatic carbocycles. The molecule has 0 saturated heterocycles. The highest BCUT2D eigenvalue weighted by atomic mass is 16.4. The molecule has 1 unspecified atom stereocenters. The number of carboxylic acids is 1. The van der Waals surface area contributed by atoms with Crippen molar-refractivity contribution in [2.75, 3.05) is 20.6 Å². The summed E-state index contributed by atoms with van der Waals surface area (Å²) >= 11 is 0. The number of hydrogen-bond acceptors (Lipinski definition) is 2. The van der Waals surface area contributed by atoms with Gasteiger partial charge in [-0.3, -0.25) is 0 Å². The van der Waals surface area contributed by atoms with E-state index in [1.165, 1.54) is 0 Å². The lowest BCUT2D eigenvalue weighted by Crippen LogP contribution is -2.19. The molecule has 1 atom stereocenters. The predicted molar refractivity (Wildman–Crippen MR) is 78.9 cm³/mol. The SMILES string of the molecule is C=C(C(=O)O)C(C=Cc1ccccc1)CCN(C)C. The molecular formula is C16H21NO2. The topological polar surface area (TPSA) is 40.5 Å². The number of nitrogens with zero attached hydrogens (tertiary/aromatic N) is 1. The van der Waals surface area contributed by atoms with Crippen molar-refractivity contribution >= 4 is 12.0 Å². The van der Waals surface area contributed by atoms with Crippen LogP contribution in [0.5, 0.6) is 0 Å². The van der Waals surface area contributed by atoms with Crippen LogP contribution in [0.15, 0.2) is 48.6 Å². The normalized spacial score (nSPS) is 12.8. The van der Waals surface area contributed by atoms with Gasteiger partial charge in [-0.05, 0) is 32.6 Å². The lowest BCUT2D eigenvalue weighted by molar-refractivity contribution is -0.133. The van der Waals surface area contributed by atoms with Crippen molar-refractivity contribution in [2.24, 2.45) is 5.92 Å². The summed E-state index contributed by atoms with van der Waals surface area (Å²) in [7, 11) is 3.95. The number of carboxylic acid groups (broad SMARTS) is 1. The van der Waals surface area contributed by atoms with E-state index in [4.69, 9.17) is 5.11 Å². The fourth-order valence-electron chi connectivity index (χ4n) is 1.73. The molecule has 1 rings (SSSR count). The lowest BCUT2D eigenvalue weighted by atomic mass is 9.95. The molecular weight excluding hydrogens is 238 g/mol. The first-order valence-electron chi connectivity index (χ1n) is 6.30. The Morgan fingerprint density at radius 3 is 2.53 bits per heavy atom. The van der Waals surface area contributed by atoms with Gasteiger partial charge in [0, 0.05) is 11.5 Å². The molecule has 1 aromatic carbocycles. The Balaban J connectivity index is 2.76. The molecule has 0 heterocycles. The van der Waals surface area contributed by atoms with E-state index in [0.717, 1.165) is 18.5 Å². The molecule has 0 radical (unpaired) electrons. The molecule has 102 valence electrons. The highest BCUT2D eigenvalue weighted by Crippen LogP contribution is 2.18. The summed E-state index contributed by atoms with van der Waals surface area (Å²) in [6.45, 7) is 4.50. The largest absolute Gasteiger partial charge is 0.478 e. The Bertz CT molecular complexity index is 449. The van der Waals surface area contributed by atoms with Crippen molar-refractivity contribution < 1.29 is 9.90 Å².